The van der Waals surface area contributed by atoms with Crippen molar-refractivity contribution in [2.24, 2.45) is 0 Å². The second-order valence-electron chi connectivity index (χ2n) is 7.59. The Morgan fingerprint density at radius 3 is 1.86 bits per heavy atom. The molecule has 1 aliphatic rings. The van der Waals surface area contributed by atoms with Crippen molar-refractivity contribution >= 4 is 29.3 Å². The molecule has 0 radical (unpaired) electrons. The van der Waals surface area contributed by atoms with Crippen LogP contribution in [0.5, 0.6) is 11.5 Å². The third-order valence-corrected chi connectivity index (χ3v) is 5.35. The van der Waals surface area contributed by atoms with Gasteiger partial charge in [0, 0.05) is 5.56 Å². The highest BCUT2D eigenvalue weighted by Crippen LogP contribution is 2.30. The molecule has 3 aromatic carbocycles. The molecular formula is C27H23NO7. The van der Waals surface area contributed by atoms with Crippen LogP contribution in [0.1, 0.15) is 55.3 Å². The highest BCUT2D eigenvalue weighted by molar-refractivity contribution is 6.34. The van der Waals surface area contributed by atoms with Crippen LogP contribution in [0.25, 0.3) is 0 Å². The third-order valence-electron chi connectivity index (χ3n) is 5.35. The largest absolute Gasteiger partial charge is 0.494 e. The van der Waals surface area contributed by atoms with Crippen molar-refractivity contribution < 1.29 is 33.4 Å². The molecule has 0 aromatic heterocycles. The van der Waals surface area contributed by atoms with Crippen molar-refractivity contribution in [1.82, 2.24) is 0 Å². The van der Waals surface area contributed by atoms with E-state index < -0.39 is 24.4 Å². The number of nitrogens with zero attached hydrogens (tertiary/aromatic N) is 1. The van der Waals surface area contributed by atoms with E-state index in [2.05, 4.69) is 0 Å². The van der Waals surface area contributed by atoms with E-state index in [0.29, 0.717) is 36.0 Å². The Labute approximate surface area is 202 Å². The summed E-state index contributed by atoms with van der Waals surface area (Å²) in [6, 6.07) is 17.2. The maximum atomic E-state index is 13.0. The predicted molar refractivity (Wildman–Crippen MR) is 127 cm³/mol. The summed E-state index contributed by atoms with van der Waals surface area (Å²) in [5.41, 5.74) is 1.12. The number of ether oxygens (including phenoxy) is 3. The fraction of sp³-hybridized carbons (Fsp3) is 0.185. The molecule has 0 saturated heterocycles. The lowest BCUT2D eigenvalue weighted by molar-refractivity contribution is 0.0474. The number of benzene rings is 3. The Hall–Kier alpha value is -4.46. The zero-order chi connectivity index (χ0) is 24.9. The summed E-state index contributed by atoms with van der Waals surface area (Å²) in [7, 11) is 0. The number of hydrogen-bond acceptors (Lipinski definition) is 7. The van der Waals surface area contributed by atoms with E-state index in [-0.39, 0.29) is 22.5 Å². The molecule has 0 spiro atoms. The minimum atomic E-state index is -0.771. The molecule has 0 fully saturated rings. The minimum Gasteiger partial charge on any atom is -0.494 e. The molecule has 0 unspecified atom stereocenters. The van der Waals surface area contributed by atoms with Crippen molar-refractivity contribution in [3.05, 3.63) is 89.0 Å². The van der Waals surface area contributed by atoms with Gasteiger partial charge < -0.3 is 14.2 Å². The summed E-state index contributed by atoms with van der Waals surface area (Å²) in [5.74, 6) is -0.924. The number of amides is 2. The summed E-state index contributed by atoms with van der Waals surface area (Å²) in [6.07, 6.45) is 0. The Kier molecular flexibility index (Phi) is 6.91. The fourth-order valence-corrected chi connectivity index (χ4v) is 3.66. The highest BCUT2D eigenvalue weighted by atomic mass is 16.5. The standard InChI is InChI=1S/C27H23NO7/c1-3-33-20-10-5-17(6-11-20)24(29)16-35-27(32)18-7-14-22-23(15-18)26(31)28(25(22)30)19-8-12-21(13-9-19)34-4-2/h5-15H,3-4,16H2,1-2H3. The van der Waals surface area contributed by atoms with E-state index in [1.54, 1.807) is 48.5 Å². The van der Waals surface area contributed by atoms with Crippen LogP contribution in [0, 0.1) is 0 Å². The summed E-state index contributed by atoms with van der Waals surface area (Å²) >= 11 is 0. The van der Waals surface area contributed by atoms with Gasteiger partial charge in [0.2, 0.25) is 0 Å². The smallest absolute Gasteiger partial charge is 0.338 e. The van der Waals surface area contributed by atoms with Gasteiger partial charge in [-0.25, -0.2) is 9.69 Å². The van der Waals surface area contributed by atoms with Crippen molar-refractivity contribution in [2.45, 2.75) is 13.8 Å². The molecule has 0 N–H and O–H groups in total. The van der Waals surface area contributed by atoms with Crippen molar-refractivity contribution in [3.63, 3.8) is 0 Å². The molecular weight excluding hydrogens is 450 g/mol. The zero-order valence-corrected chi connectivity index (χ0v) is 19.3. The number of Topliss-reactive ketones (excluding diaryl/α,β-unsaturated/α-hetero) is 1. The van der Waals surface area contributed by atoms with Crippen LogP contribution in [0.3, 0.4) is 0 Å². The van der Waals surface area contributed by atoms with Crippen molar-refractivity contribution in [1.29, 1.82) is 0 Å². The summed E-state index contributed by atoms with van der Waals surface area (Å²) < 4.78 is 15.9. The topological polar surface area (TPSA) is 99.2 Å². The van der Waals surface area contributed by atoms with Gasteiger partial charge in [0.25, 0.3) is 11.8 Å². The van der Waals surface area contributed by atoms with Crippen LogP contribution < -0.4 is 14.4 Å². The molecule has 2 amide bonds. The number of rotatable bonds is 9. The number of hydrogen-bond donors (Lipinski definition) is 0. The number of carbonyl (C=O) groups excluding carboxylic acids is 4. The van der Waals surface area contributed by atoms with Gasteiger partial charge in [-0.3, -0.25) is 14.4 Å². The maximum Gasteiger partial charge on any atom is 0.338 e. The fourth-order valence-electron chi connectivity index (χ4n) is 3.66. The molecule has 0 aliphatic carbocycles. The van der Waals surface area contributed by atoms with Gasteiger partial charge in [-0.1, -0.05) is 0 Å². The number of anilines is 1. The number of imide groups is 1. The molecule has 8 nitrogen and oxygen atoms in total. The molecule has 4 rings (SSSR count). The van der Waals surface area contributed by atoms with E-state index in [1.807, 2.05) is 13.8 Å². The average molecular weight is 473 g/mol. The zero-order valence-electron chi connectivity index (χ0n) is 19.3. The number of ketones is 1. The van der Waals surface area contributed by atoms with Crippen LogP contribution in [-0.2, 0) is 4.74 Å². The first-order chi connectivity index (χ1) is 16.9. The predicted octanol–water partition coefficient (Wildman–Crippen LogP) is 4.32. The molecule has 1 heterocycles. The van der Waals surface area contributed by atoms with Crippen LogP contribution >= 0.6 is 0 Å². The first kappa shape index (κ1) is 23.7. The van der Waals surface area contributed by atoms with E-state index in [9.17, 15) is 19.2 Å². The highest BCUT2D eigenvalue weighted by Gasteiger charge is 2.37. The molecule has 1 aliphatic heterocycles. The number of esters is 1. The summed E-state index contributed by atoms with van der Waals surface area (Å²) in [6.45, 7) is 4.26. The lowest BCUT2D eigenvalue weighted by atomic mass is 10.1. The van der Waals surface area contributed by atoms with Gasteiger partial charge in [-0.15, -0.1) is 0 Å². The SMILES string of the molecule is CCOc1ccc(C(=O)COC(=O)c2ccc3c(c2)C(=O)N(c2ccc(OCC)cc2)C3=O)cc1. The average Bonchev–Trinajstić information content (AvgIpc) is 3.13. The minimum absolute atomic E-state index is 0.0675. The number of fused-ring (bicyclic) bond motifs is 1. The second-order valence-corrected chi connectivity index (χ2v) is 7.59. The lowest BCUT2D eigenvalue weighted by Gasteiger charge is -2.14. The van der Waals surface area contributed by atoms with Crippen molar-refractivity contribution in [2.75, 3.05) is 24.7 Å². The van der Waals surface area contributed by atoms with Crippen LogP contribution in [0.2, 0.25) is 0 Å². The first-order valence-electron chi connectivity index (χ1n) is 11.1. The van der Waals surface area contributed by atoms with Crippen molar-refractivity contribution in [3.8, 4) is 11.5 Å². The van der Waals surface area contributed by atoms with E-state index in [4.69, 9.17) is 14.2 Å². The van der Waals surface area contributed by atoms with E-state index >= 15 is 0 Å². The first-order valence-corrected chi connectivity index (χ1v) is 11.1. The molecule has 3 aromatic rings. The van der Waals surface area contributed by atoms with Gasteiger partial charge in [-0.05, 0) is 80.6 Å². The Morgan fingerprint density at radius 1 is 0.714 bits per heavy atom. The molecule has 0 bridgehead atoms. The van der Waals surface area contributed by atoms with E-state index in [1.165, 1.54) is 18.2 Å². The molecule has 35 heavy (non-hydrogen) atoms. The lowest BCUT2D eigenvalue weighted by Crippen LogP contribution is -2.29. The molecule has 0 saturated carbocycles. The normalized spacial score (nSPS) is 12.3. The Balaban J connectivity index is 1.44. The Morgan fingerprint density at radius 2 is 1.26 bits per heavy atom. The third kappa shape index (κ3) is 4.91. The van der Waals surface area contributed by atoms with Crippen LogP contribution in [-0.4, -0.2) is 43.4 Å². The van der Waals surface area contributed by atoms with Crippen LogP contribution in [0.4, 0.5) is 5.69 Å². The van der Waals surface area contributed by atoms with E-state index in [0.717, 1.165) is 4.90 Å². The van der Waals surface area contributed by atoms with Gasteiger partial charge in [0.15, 0.2) is 12.4 Å². The maximum absolute atomic E-state index is 13.0. The quantitative estimate of drug-likeness (QED) is 0.259. The molecule has 0 atom stereocenters. The molecule has 178 valence electrons. The molecule has 8 heteroatoms. The second kappa shape index (κ2) is 10.2. The van der Waals surface area contributed by atoms with Gasteiger partial charge in [-0.2, -0.15) is 0 Å². The van der Waals surface area contributed by atoms with Crippen LogP contribution in [0.15, 0.2) is 66.7 Å². The summed E-state index contributed by atoms with van der Waals surface area (Å²) in [5, 5.41) is 0. The van der Waals surface area contributed by atoms with Gasteiger partial charge in [0.05, 0.1) is 35.6 Å². The summed E-state index contributed by atoms with van der Waals surface area (Å²) in [4.78, 5) is 51.8. The van der Waals surface area contributed by atoms with Gasteiger partial charge in [0.1, 0.15) is 11.5 Å². The van der Waals surface area contributed by atoms with Gasteiger partial charge >= 0.3 is 5.97 Å². The monoisotopic (exact) mass is 473 g/mol. The number of carbonyl (C=O) groups is 4. The Bertz CT molecular complexity index is 1280.